The molecule has 0 radical (unpaired) electrons. The van der Waals surface area contributed by atoms with Gasteiger partial charge in [0.15, 0.2) is 0 Å². The Labute approximate surface area is 103 Å². The van der Waals surface area contributed by atoms with Gasteiger partial charge in [-0.2, -0.15) is 0 Å². The standard InChI is InChI=1S/C15H20O2/c1-9-5-11-7-15(3,4)8-13(11)10(2)12(9)6-14(16)17/h5H,6-8H2,1-4H3,(H,16,17). The lowest BCUT2D eigenvalue weighted by molar-refractivity contribution is -0.136. The van der Waals surface area contributed by atoms with Gasteiger partial charge < -0.3 is 5.11 Å². The number of benzene rings is 1. The fourth-order valence-corrected chi connectivity index (χ4v) is 3.04. The highest BCUT2D eigenvalue weighted by molar-refractivity contribution is 5.72. The number of hydrogen-bond donors (Lipinski definition) is 1. The second-order valence-corrected chi connectivity index (χ2v) is 6.02. The molecular weight excluding hydrogens is 212 g/mol. The van der Waals surface area contributed by atoms with Crippen LogP contribution in [0.15, 0.2) is 6.07 Å². The molecule has 1 aromatic rings. The summed E-state index contributed by atoms with van der Waals surface area (Å²) >= 11 is 0. The number of carboxylic acid groups (broad SMARTS) is 1. The molecule has 17 heavy (non-hydrogen) atoms. The smallest absolute Gasteiger partial charge is 0.307 e. The molecule has 0 aliphatic heterocycles. The number of fused-ring (bicyclic) bond motifs is 1. The van der Waals surface area contributed by atoms with Crippen LogP contribution in [0, 0.1) is 19.3 Å². The third-order valence-electron chi connectivity index (χ3n) is 3.81. The van der Waals surface area contributed by atoms with Gasteiger partial charge in [0.05, 0.1) is 6.42 Å². The Hall–Kier alpha value is -1.31. The van der Waals surface area contributed by atoms with Crippen LogP contribution in [-0.4, -0.2) is 11.1 Å². The number of aryl methyl sites for hydroxylation is 1. The van der Waals surface area contributed by atoms with Gasteiger partial charge in [0.1, 0.15) is 0 Å². The van der Waals surface area contributed by atoms with E-state index in [-0.39, 0.29) is 6.42 Å². The minimum Gasteiger partial charge on any atom is -0.481 e. The van der Waals surface area contributed by atoms with Crippen LogP contribution in [-0.2, 0) is 24.1 Å². The first kappa shape index (κ1) is 12.2. The molecule has 1 N–H and O–H groups in total. The largest absolute Gasteiger partial charge is 0.481 e. The summed E-state index contributed by atoms with van der Waals surface area (Å²) in [5.41, 5.74) is 6.46. The van der Waals surface area contributed by atoms with Crippen LogP contribution in [0.1, 0.15) is 41.7 Å². The average molecular weight is 232 g/mol. The first-order chi connectivity index (χ1) is 7.80. The minimum atomic E-state index is -0.742. The van der Waals surface area contributed by atoms with Crippen LogP contribution < -0.4 is 0 Å². The quantitative estimate of drug-likeness (QED) is 0.851. The van der Waals surface area contributed by atoms with Gasteiger partial charge in [0.25, 0.3) is 0 Å². The maximum absolute atomic E-state index is 10.9. The lowest BCUT2D eigenvalue weighted by Crippen LogP contribution is -2.10. The summed E-state index contributed by atoms with van der Waals surface area (Å²) in [6.45, 7) is 8.65. The van der Waals surface area contributed by atoms with Gasteiger partial charge in [-0.1, -0.05) is 19.9 Å². The lowest BCUT2D eigenvalue weighted by Gasteiger charge is -2.15. The molecule has 0 heterocycles. The molecular formula is C15H20O2. The molecule has 2 nitrogen and oxygen atoms in total. The Morgan fingerprint density at radius 1 is 1.35 bits per heavy atom. The van der Waals surface area contributed by atoms with E-state index in [0.29, 0.717) is 5.41 Å². The number of carbonyl (C=O) groups is 1. The van der Waals surface area contributed by atoms with Crippen LogP contribution in [0.4, 0.5) is 0 Å². The maximum Gasteiger partial charge on any atom is 0.307 e. The summed E-state index contributed by atoms with van der Waals surface area (Å²) in [6.07, 6.45) is 2.32. The van der Waals surface area contributed by atoms with E-state index < -0.39 is 5.97 Å². The van der Waals surface area contributed by atoms with Gasteiger partial charge in [-0.25, -0.2) is 0 Å². The maximum atomic E-state index is 10.9. The molecule has 0 spiro atoms. The van der Waals surface area contributed by atoms with Crippen molar-refractivity contribution >= 4 is 5.97 Å². The van der Waals surface area contributed by atoms with E-state index in [2.05, 4.69) is 26.8 Å². The second kappa shape index (κ2) is 3.86. The first-order valence-corrected chi connectivity index (χ1v) is 6.13. The third kappa shape index (κ3) is 2.21. The van der Waals surface area contributed by atoms with Gasteiger partial charge in [-0.3, -0.25) is 4.79 Å². The molecule has 0 aromatic heterocycles. The van der Waals surface area contributed by atoms with Crippen LogP contribution in [0.3, 0.4) is 0 Å². The fourth-order valence-electron chi connectivity index (χ4n) is 3.04. The average Bonchev–Trinajstić information content (AvgIpc) is 2.47. The van der Waals surface area contributed by atoms with Crippen molar-refractivity contribution in [1.82, 2.24) is 0 Å². The van der Waals surface area contributed by atoms with Crippen molar-refractivity contribution in [1.29, 1.82) is 0 Å². The number of aliphatic carboxylic acids is 1. The van der Waals surface area contributed by atoms with Crippen molar-refractivity contribution in [2.24, 2.45) is 5.41 Å². The second-order valence-electron chi connectivity index (χ2n) is 6.02. The zero-order chi connectivity index (χ0) is 12.8. The normalized spacial score (nSPS) is 16.9. The van der Waals surface area contributed by atoms with Crippen LogP contribution in [0.5, 0.6) is 0 Å². The molecule has 0 unspecified atom stereocenters. The topological polar surface area (TPSA) is 37.3 Å². The predicted molar refractivity (Wildman–Crippen MR) is 68.4 cm³/mol. The van der Waals surface area contributed by atoms with Gasteiger partial charge in [-0.15, -0.1) is 0 Å². The number of carboxylic acids is 1. The molecule has 2 rings (SSSR count). The van der Waals surface area contributed by atoms with Crippen molar-refractivity contribution in [3.63, 3.8) is 0 Å². The molecule has 2 heteroatoms. The molecule has 92 valence electrons. The van der Waals surface area contributed by atoms with Gasteiger partial charge in [-0.05, 0) is 59.9 Å². The van der Waals surface area contributed by atoms with Gasteiger partial charge >= 0.3 is 5.97 Å². The molecule has 0 bridgehead atoms. The van der Waals surface area contributed by atoms with E-state index in [1.54, 1.807) is 0 Å². The Bertz CT molecular complexity index is 484. The van der Waals surface area contributed by atoms with E-state index >= 15 is 0 Å². The Morgan fingerprint density at radius 3 is 2.59 bits per heavy atom. The summed E-state index contributed by atoms with van der Waals surface area (Å²) in [7, 11) is 0. The summed E-state index contributed by atoms with van der Waals surface area (Å²) in [6, 6.07) is 2.19. The molecule has 0 atom stereocenters. The molecule has 1 aliphatic carbocycles. The molecule has 0 fully saturated rings. The molecule has 1 aromatic carbocycles. The molecule has 0 saturated heterocycles. The summed E-state index contributed by atoms with van der Waals surface area (Å²) in [4.78, 5) is 10.9. The highest BCUT2D eigenvalue weighted by Gasteiger charge is 2.30. The van der Waals surface area contributed by atoms with E-state index in [0.717, 1.165) is 24.0 Å². The third-order valence-corrected chi connectivity index (χ3v) is 3.81. The highest BCUT2D eigenvalue weighted by atomic mass is 16.4. The van der Waals surface area contributed by atoms with Crippen molar-refractivity contribution < 1.29 is 9.90 Å². The number of rotatable bonds is 2. The predicted octanol–water partition coefficient (Wildman–Crippen LogP) is 3.06. The van der Waals surface area contributed by atoms with E-state index in [9.17, 15) is 4.79 Å². The highest BCUT2D eigenvalue weighted by Crippen LogP contribution is 2.39. The molecule has 1 aliphatic rings. The van der Waals surface area contributed by atoms with E-state index in [4.69, 9.17) is 5.11 Å². The monoisotopic (exact) mass is 232 g/mol. The Balaban J connectivity index is 2.50. The Morgan fingerprint density at radius 2 is 2.00 bits per heavy atom. The summed E-state index contributed by atoms with van der Waals surface area (Å²) < 4.78 is 0. The van der Waals surface area contributed by atoms with Crippen molar-refractivity contribution in [2.45, 2.75) is 47.0 Å². The van der Waals surface area contributed by atoms with Crippen LogP contribution in [0.25, 0.3) is 0 Å². The van der Waals surface area contributed by atoms with Crippen molar-refractivity contribution in [3.8, 4) is 0 Å². The summed E-state index contributed by atoms with van der Waals surface area (Å²) in [5.74, 6) is -0.742. The van der Waals surface area contributed by atoms with Crippen molar-refractivity contribution in [3.05, 3.63) is 33.9 Å². The Kier molecular flexibility index (Phi) is 2.76. The van der Waals surface area contributed by atoms with E-state index in [1.165, 1.54) is 16.7 Å². The van der Waals surface area contributed by atoms with Gasteiger partial charge in [0, 0.05) is 0 Å². The minimum absolute atomic E-state index is 0.144. The lowest BCUT2D eigenvalue weighted by atomic mass is 9.89. The fraction of sp³-hybridized carbons (Fsp3) is 0.533. The first-order valence-electron chi connectivity index (χ1n) is 6.13. The summed E-state index contributed by atoms with van der Waals surface area (Å²) in [5, 5.41) is 8.97. The van der Waals surface area contributed by atoms with Crippen molar-refractivity contribution in [2.75, 3.05) is 0 Å². The van der Waals surface area contributed by atoms with E-state index in [1.807, 2.05) is 6.92 Å². The van der Waals surface area contributed by atoms with Crippen LogP contribution >= 0.6 is 0 Å². The zero-order valence-corrected chi connectivity index (χ0v) is 11.1. The zero-order valence-electron chi connectivity index (χ0n) is 11.1. The van der Waals surface area contributed by atoms with Crippen LogP contribution in [0.2, 0.25) is 0 Å². The molecule has 0 saturated carbocycles. The molecule has 0 amide bonds. The van der Waals surface area contributed by atoms with Gasteiger partial charge in [0.2, 0.25) is 0 Å². The SMILES string of the molecule is Cc1cc2c(c(C)c1CC(=O)O)CC(C)(C)C2. The number of hydrogen-bond acceptors (Lipinski definition) is 1.